The summed E-state index contributed by atoms with van der Waals surface area (Å²) in [5.74, 6) is 2.25. The minimum atomic E-state index is -0.568. The maximum absolute atomic E-state index is 12.8. The van der Waals surface area contributed by atoms with Crippen LogP contribution in [0.4, 0.5) is 10.6 Å². The fourth-order valence-corrected chi connectivity index (χ4v) is 4.14. The Balaban J connectivity index is 1.81. The molecular weight excluding hydrogens is 382 g/mol. The molecule has 0 aromatic carbocycles. The van der Waals surface area contributed by atoms with Crippen molar-refractivity contribution in [3.63, 3.8) is 0 Å². The lowest BCUT2D eigenvalue weighted by molar-refractivity contribution is 0.0143. The second-order valence-corrected chi connectivity index (χ2v) is 8.53. The molecule has 0 spiro atoms. The number of halogens is 1. The first-order valence-electron chi connectivity index (χ1n) is 9.37. The summed E-state index contributed by atoms with van der Waals surface area (Å²) in [6, 6.07) is 0. The monoisotopic (exact) mass is 405 g/mol. The Morgan fingerprint density at radius 2 is 2.07 bits per heavy atom. The summed E-state index contributed by atoms with van der Waals surface area (Å²) in [6.45, 7) is 11.1. The van der Waals surface area contributed by atoms with Gasteiger partial charge >= 0.3 is 6.09 Å². The number of hydrogen-bond acceptors (Lipinski definition) is 7. The second-order valence-electron chi connectivity index (χ2n) is 8.19. The highest BCUT2D eigenvalue weighted by Crippen LogP contribution is 2.45. The van der Waals surface area contributed by atoms with Crippen LogP contribution < -0.4 is 4.90 Å². The minimum Gasteiger partial charge on any atom is -0.444 e. The largest absolute Gasteiger partial charge is 0.444 e. The summed E-state index contributed by atoms with van der Waals surface area (Å²) in [4.78, 5) is 25.3. The fraction of sp³-hybridized carbons (Fsp3) is 0.611. The molecule has 9 nitrogen and oxygen atoms in total. The molecule has 2 aliphatic heterocycles. The summed E-state index contributed by atoms with van der Waals surface area (Å²) < 4.78 is 7.57. The Morgan fingerprint density at radius 3 is 2.75 bits per heavy atom. The third kappa shape index (κ3) is 2.80. The Morgan fingerprint density at radius 1 is 1.32 bits per heavy atom. The molecule has 1 amide bonds. The SMILES string of the molecule is CCC12CN(C(=O)OC(C)(C)C)CCN1c1nc(Cl)ncc1-n1c(C)nnc12. The van der Waals surface area contributed by atoms with E-state index in [-0.39, 0.29) is 11.4 Å². The summed E-state index contributed by atoms with van der Waals surface area (Å²) in [7, 11) is 0. The normalized spacial score (nSPS) is 21.1. The number of piperazine rings is 1. The first-order chi connectivity index (χ1) is 13.2. The maximum atomic E-state index is 12.8. The second kappa shape index (κ2) is 6.30. The van der Waals surface area contributed by atoms with E-state index in [2.05, 4.69) is 32.0 Å². The first-order valence-corrected chi connectivity index (χ1v) is 9.75. The van der Waals surface area contributed by atoms with Crippen LogP contribution in [0.1, 0.15) is 45.8 Å². The van der Waals surface area contributed by atoms with Gasteiger partial charge in [-0.1, -0.05) is 6.92 Å². The van der Waals surface area contributed by atoms with Crippen molar-refractivity contribution in [3.8, 4) is 5.69 Å². The van der Waals surface area contributed by atoms with E-state index in [4.69, 9.17) is 16.3 Å². The van der Waals surface area contributed by atoms with Crippen LogP contribution >= 0.6 is 11.6 Å². The summed E-state index contributed by atoms with van der Waals surface area (Å²) in [5, 5.41) is 8.96. The number of aryl methyl sites for hydroxylation is 1. The van der Waals surface area contributed by atoms with E-state index in [9.17, 15) is 4.79 Å². The summed E-state index contributed by atoms with van der Waals surface area (Å²) >= 11 is 6.12. The number of ether oxygens (including phenoxy) is 1. The molecule has 1 atom stereocenters. The van der Waals surface area contributed by atoms with Crippen LogP contribution in [0.15, 0.2) is 6.20 Å². The van der Waals surface area contributed by atoms with Gasteiger partial charge in [-0.3, -0.25) is 4.57 Å². The van der Waals surface area contributed by atoms with E-state index in [1.165, 1.54) is 0 Å². The van der Waals surface area contributed by atoms with Crippen molar-refractivity contribution in [1.29, 1.82) is 0 Å². The molecule has 0 aliphatic carbocycles. The molecule has 1 unspecified atom stereocenters. The van der Waals surface area contributed by atoms with Gasteiger partial charge in [0.05, 0.1) is 12.7 Å². The highest BCUT2D eigenvalue weighted by atomic mass is 35.5. The number of amides is 1. The van der Waals surface area contributed by atoms with Gasteiger partial charge in [-0.15, -0.1) is 10.2 Å². The molecule has 0 N–H and O–H groups in total. The standard InChI is InChI=1S/C18H24ClN7O2/c1-6-18-10-24(16(27)28-17(3,4)5)7-8-25(18)13-12(9-20-15(19)21-13)26-11(2)22-23-14(18)26/h9H,6-8,10H2,1-5H3. The Labute approximate surface area is 168 Å². The van der Waals surface area contributed by atoms with Gasteiger partial charge in [0.1, 0.15) is 22.7 Å². The van der Waals surface area contributed by atoms with E-state index in [1.807, 2.05) is 32.3 Å². The van der Waals surface area contributed by atoms with Gasteiger partial charge in [-0.25, -0.2) is 9.78 Å². The van der Waals surface area contributed by atoms with Crippen molar-refractivity contribution in [2.75, 3.05) is 24.5 Å². The van der Waals surface area contributed by atoms with E-state index in [1.54, 1.807) is 11.1 Å². The molecule has 0 radical (unpaired) electrons. The molecule has 2 aliphatic rings. The van der Waals surface area contributed by atoms with Crippen LogP contribution in [0.2, 0.25) is 5.28 Å². The number of carbonyl (C=O) groups excluding carboxylic acids is 1. The Hall–Kier alpha value is -2.42. The highest BCUT2D eigenvalue weighted by Gasteiger charge is 2.51. The predicted molar refractivity (Wildman–Crippen MR) is 104 cm³/mol. The first kappa shape index (κ1) is 18.9. The van der Waals surface area contributed by atoms with Gasteiger partial charge < -0.3 is 14.5 Å². The molecule has 0 saturated carbocycles. The lowest BCUT2D eigenvalue weighted by atomic mass is 9.87. The van der Waals surface area contributed by atoms with Gasteiger partial charge in [-0.2, -0.15) is 4.98 Å². The zero-order valence-corrected chi connectivity index (χ0v) is 17.5. The zero-order valence-electron chi connectivity index (χ0n) is 16.7. The average Bonchev–Trinajstić information content (AvgIpc) is 3.02. The molecule has 28 heavy (non-hydrogen) atoms. The van der Waals surface area contributed by atoms with E-state index < -0.39 is 11.1 Å². The van der Waals surface area contributed by atoms with Crippen molar-refractivity contribution in [1.82, 2.24) is 29.6 Å². The van der Waals surface area contributed by atoms with E-state index >= 15 is 0 Å². The molecule has 1 saturated heterocycles. The van der Waals surface area contributed by atoms with Gasteiger partial charge in [0.25, 0.3) is 0 Å². The van der Waals surface area contributed by atoms with Crippen LogP contribution in [0.5, 0.6) is 0 Å². The number of aromatic nitrogens is 5. The average molecular weight is 406 g/mol. The molecule has 10 heteroatoms. The van der Waals surface area contributed by atoms with Crippen LogP contribution in [0, 0.1) is 6.92 Å². The molecule has 2 aromatic heterocycles. The molecule has 4 heterocycles. The van der Waals surface area contributed by atoms with E-state index in [0.29, 0.717) is 26.1 Å². The molecule has 2 aromatic rings. The quantitative estimate of drug-likeness (QED) is 0.674. The molecule has 150 valence electrons. The van der Waals surface area contributed by atoms with Crippen molar-refractivity contribution in [2.24, 2.45) is 0 Å². The molecular formula is C18H24ClN7O2. The maximum Gasteiger partial charge on any atom is 0.410 e. The van der Waals surface area contributed by atoms with Crippen LogP contribution in [-0.2, 0) is 10.3 Å². The number of anilines is 1. The fourth-order valence-electron chi connectivity index (χ4n) is 4.01. The van der Waals surface area contributed by atoms with Gasteiger partial charge in [0.2, 0.25) is 5.28 Å². The van der Waals surface area contributed by atoms with Gasteiger partial charge in [-0.05, 0) is 45.7 Å². The molecule has 1 fully saturated rings. The van der Waals surface area contributed by atoms with Crippen molar-refractivity contribution in [3.05, 3.63) is 23.1 Å². The zero-order chi connectivity index (χ0) is 20.3. The predicted octanol–water partition coefficient (Wildman–Crippen LogP) is 2.70. The highest BCUT2D eigenvalue weighted by molar-refractivity contribution is 6.28. The number of carbonyl (C=O) groups is 1. The summed E-state index contributed by atoms with van der Waals surface area (Å²) in [5.41, 5.74) is -0.317. The van der Waals surface area contributed by atoms with Crippen LogP contribution in [0.3, 0.4) is 0 Å². The van der Waals surface area contributed by atoms with Crippen molar-refractivity contribution < 1.29 is 9.53 Å². The van der Waals surface area contributed by atoms with Crippen LogP contribution in [-0.4, -0.2) is 61.0 Å². The number of rotatable bonds is 1. The van der Waals surface area contributed by atoms with Gasteiger partial charge in [0, 0.05) is 13.1 Å². The topological polar surface area (TPSA) is 89.3 Å². The minimum absolute atomic E-state index is 0.188. The molecule has 4 rings (SSSR count). The summed E-state index contributed by atoms with van der Waals surface area (Å²) in [6.07, 6.45) is 2.09. The van der Waals surface area contributed by atoms with Crippen LogP contribution in [0.25, 0.3) is 5.69 Å². The third-order valence-corrected chi connectivity index (χ3v) is 5.44. The lowest BCUT2D eigenvalue weighted by Crippen LogP contribution is -2.64. The number of nitrogens with zero attached hydrogens (tertiary/aromatic N) is 7. The third-order valence-electron chi connectivity index (χ3n) is 5.26. The molecule has 0 bridgehead atoms. The number of fused-ring (bicyclic) bond motifs is 6. The Bertz CT molecular complexity index is 939. The Kier molecular flexibility index (Phi) is 4.26. The lowest BCUT2D eigenvalue weighted by Gasteiger charge is -2.52. The van der Waals surface area contributed by atoms with Gasteiger partial charge in [0.15, 0.2) is 11.6 Å². The smallest absolute Gasteiger partial charge is 0.410 e. The number of hydrogen-bond donors (Lipinski definition) is 0. The van der Waals surface area contributed by atoms with Crippen molar-refractivity contribution in [2.45, 2.75) is 52.2 Å². The van der Waals surface area contributed by atoms with E-state index in [0.717, 1.165) is 23.2 Å². The van der Waals surface area contributed by atoms with Crippen molar-refractivity contribution >= 4 is 23.5 Å².